The Bertz CT molecular complexity index is 1090. The van der Waals surface area contributed by atoms with Crippen LogP contribution in [0.15, 0.2) is 66.7 Å². The topological polar surface area (TPSA) is 26.3 Å². The van der Waals surface area contributed by atoms with Gasteiger partial charge in [0, 0.05) is 5.41 Å². The predicted octanol–water partition coefficient (Wildman–Crippen LogP) is 6.76. The van der Waals surface area contributed by atoms with Gasteiger partial charge in [0.2, 0.25) is 0 Å². The average Bonchev–Trinajstić information content (AvgIpc) is 3.04. The van der Waals surface area contributed by atoms with Crippen molar-refractivity contribution < 1.29 is 9.53 Å². The predicted molar refractivity (Wildman–Crippen MR) is 122 cm³/mol. The van der Waals surface area contributed by atoms with Crippen LogP contribution < -0.4 is 4.74 Å². The number of benzene rings is 3. The van der Waals surface area contributed by atoms with Crippen molar-refractivity contribution in [3.8, 4) is 5.75 Å². The van der Waals surface area contributed by atoms with Crippen molar-refractivity contribution in [3.63, 3.8) is 0 Å². The van der Waals surface area contributed by atoms with E-state index < -0.39 is 0 Å². The summed E-state index contributed by atoms with van der Waals surface area (Å²) in [5.41, 5.74) is 7.18. The summed E-state index contributed by atoms with van der Waals surface area (Å²) >= 11 is 0. The van der Waals surface area contributed by atoms with Gasteiger partial charge in [-0.05, 0) is 71.2 Å². The first-order chi connectivity index (χ1) is 14.2. The van der Waals surface area contributed by atoms with Gasteiger partial charge in [-0.3, -0.25) is 0 Å². The van der Waals surface area contributed by atoms with Crippen LogP contribution >= 0.6 is 0 Å². The van der Waals surface area contributed by atoms with Gasteiger partial charge in [-0.15, -0.1) is 0 Å². The van der Waals surface area contributed by atoms with Gasteiger partial charge in [0.1, 0.15) is 5.75 Å². The zero-order chi connectivity index (χ0) is 21.5. The molecule has 3 aromatic rings. The molecule has 1 aliphatic rings. The van der Waals surface area contributed by atoms with E-state index in [1.807, 2.05) is 31.2 Å². The third-order valence-electron chi connectivity index (χ3n) is 6.68. The molecule has 0 radical (unpaired) electrons. The highest BCUT2D eigenvalue weighted by Crippen LogP contribution is 2.41. The molecule has 0 fully saturated rings. The Morgan fingerprint density at radius 3 is 2.30 bits per heavy atom. The third kappa shape index (κ3) is 3.67. The molecule has 3 aromatic carbocycles. The molecule has 0 unspecified atom stereocenters. The highest BCUT2D eigenvalue weighted by atomic mass is 16.5. The van der Waals surface area contributed by atoms with E-state index in [-0.39, 0.29) is 16.8 Å². The highest BCUT2D eigenvalue weighted by molar-refractivity contribution is 5.91. The van der Waals surface area contributed by atoms with Gasteiger partial charge in [-0.25, -0.2) is 4.79 Å². The summed E-state index contributed by atoms with van der Waals surface area (Å²) in [7, 11) is 0. The van der Waals surface area contributed by atoms with Crippen molar-refractivity contribution in [2.24, 2.45) is 0 Å². The largest absolute Gasteiger partial charge is 0.423 e. The molecule has 0 aromatic heterocycles. The molecule has 1 aliphatic carbocycles. The minimum absolute atomic E-state index is 0.130. The number of carbonyl (C=O) groups excluding carboxylic acids is 1. The van der Waals surface area contributed by atoms with Gasteiger partial charge in [0.05, 0.1) is 5.56 Å². The number of esters is 1. The zero-order valence-electron chi connectivity index (χ0n) is 18.6. The minimum atomic E-state index is -0.327. The molecule has 0 spiro atoms. The number of hydrogen-bond acceptors (Lipinski definition) is 2. The summed E-state index contributed by atoms with van der Waals surface area (Å²) < 4.78 is 5.65. The Kier molecular flexibility index (Phi) is 5.05. The molecule has 4 rings (SSSR count). The van der Waals surface area contributed by atoms with Crippen LogP contribution in [0, 0.1) is 6.92 Å². The quantitative estimate of drug-likeness (QED) is 0.358. The Balaban J connectivity index is 1.60. The van der Waals surface area contributed by atoms with Crippen LogP contribution in [-0.4, -0.2) is 5.97 Å². The Morgan fingerprint density at radius 1 is 0.933 bits per heavy atom. The lowest BCUT2D eigenvalue weighted by atomic mass is 9.76. The second-order valence-corrected chi connectivity index (χ2v) is 9.62. The molecule has 0 heterocycles. The molecule has 0 saturated heterocycles. The lowest BCUT2D eigenvalue weighted by Gasteiger charge is -2.28. The summed E-state index contributed by atoms with van der Waals surface area (Å²) in [6.45, 7) is 11.2. The first-order valence-electron chi connectivity index (χ1n) is 10.7. The molecule has 154 valence electrons. The van der Waals surface area contributed by atoms with Gasteiger partial charge < -0.3 is 4.74 Å². The normalized spacial score (nSPS) is 15.0. The Labute approximate surface area is 179 Å². The molecule has 30 heavy (non-hydrogen) atoms. The number of fused-ring (bicyclic) bond motifs is 1. The lowest BCUT2D eigenvalue weighted by Crippen LogP contribution is -2.20. The third-order valence-corrected chi connectivity index (χ3v) is 6.68. The fourth-order valence-corrected chi connectivity index (χ4v) is 4.48. The molecular formula is C28H30O2. The van der Waals surface area contributed by atoms with Gasteiger partial charge in [0.15, 0.2) is 0 Å². The molecule has 0 aliphatic heterocycles. The molecule has 0 amide bonds. The fraction of sp³-hybridized carbons (Fsp3) is 0.321. The van der Waals surface area contributed by atoms with E-state index in [0.29, 0.717) is 11.3 Å². The number of aryl methyl sites for hydroxylation is 2. The van der Waals surface area contributed by atoms with E-state index in [4.69, 9.17) is 4.74 Å². The summed E-state index contributed by atoms with van der Waals surface area (Å²) in [6, 6.07) is 22.2. The van der Waals surface area contributed by atoms with E-state index >= 15 is 0 Å². The van der Waals surface area contributed by atoms with Crippen molar-refractivity contribution >= 4 is 5.97 Å². The average molecular weight is 399 g/mol. The van der Waals surface area contributed by atoms with Crippen LogP contribution in [0.4, 0.5) is 0 Å². The van der Waals surface area contributed by atoms with Gasteiger partial charge in [-0.2, -0.15) is 0 Å². The summed E-state index contributed by atoms with van der Waals surface area (Å²) in [4.78, 5) is 12.4. The van der Waals surface area contributed by atoms with Crippen LogP contribution in [0.1, 0.15) is 72.3 Å². The lowest BCUT2D eigenvalue weighted by molar-refractivity contribution is 0.0733. The van der Waals surface area contributed by atoms with E-state index in [1.165, 1.54) is 28.7 Å². The Morgan fingerprint density at radius 2 is 1.60 bits per heavy atom. The first kappa shape index (κ1) is 20.4. The van der Waals surface area contributed by atoms with E-state index in [9.17, 15) is 4.79 Å². The second kappa shape index (κ2) is 7.43. The van der Waals surface area contributed by atoms with E-state index in [2.05, 4.69) is 58.0 Å². The monoisotopic (exact) mass is 398 g/mol. The van der Waals surface area contributed by atoms with E-state index in [1.54, 1.807) is 12.1 Å². The standard InChI is InChI=1S/C28H30O2/c1-19-17-22(12-14-25(19)30-26(29)20-9-7-6-8-10-20)28(4,5)23-11-13-24-21(18-23)15-16-27(24,2)3/h6-14,17-18H,15-16H2,1-5H3. The molecular weight excluding hydrogens is 368 g/mol. The van der Waals surface area contributed by atoms with Crippen LogP contribution in [0.25, 0.3) is 0 Å². The van der Waals surface area contributed by atoms with Crippen LogP contribution in [0.5, 0.6) is 5.75 Å². The SMILES string of the molecule is Cc1cc(C(C)(C)c2ccc3c(c2)CCC3(C)C)ccc1OC(=O)c1ccccc1. The summed E-state index contributed by atoms with van der Waals surface area (Å²) in [6.07, 6.45) is 2.37. The van der Waals surface area contributed by atoms with Crippen LogP contribution in [-0.2, 0) is 17.3 Å². The van der Waals surface area contributed by atoms with Crippen molar-refractivity contribution in [1.29, 1.82) is 0 Å². The van der Waals surface area contributed by atoms with Gasteiger partial charge in [0.25, 0.3) is 0 Å². The number of carbonyl (C=O) groups is 1. The van der Waals surface area contributed by atoms with Crippen LogP contribution in [0.2, 0.25) is 0 Å². The van der Waals surface area contributed by atoms with Crippen molar-refractivity contribution in [3.05, 3.63) is 100 Å². The van der Waals surface area contributed by atoms with Gasteiger partial charge in [-0.1, -0.05) is 76.2 Å². The summed E-state index contributed by atoms with van der Waals surface area (Å²) in [5.74, 6) is 0.283. The smallest absolute Gasteiger partial charge is 0.343 e. The number of hydrogen-bond donors (Lipinski definition) is 0. The fourth-order valence-electron chi connectivity index (χ4n) is 4.48. The molecule has 2 nitrogen and oxygen atoms in total. The van der Waals surface area contributed by atoms with Crippen molar-refractivity contribution in [1.82, 2.24) is 0 Å². The maximum atomic E-state index is 12.4. The molecule has 2 heteroatoms. The minimum Gasteiger partial charge on any atom is -0.423 e. The molecule has 0 bridgehead atoms. The van der Waals surface area contributed by atoms with Crippen molar-refractivity contribution in [2.75, 3.05) is 0 Å². The number of rotatable bonds is 4. The zero-order valence-corrected chi connectivity index (χ0v) is 18.6. The van der Waals surface area contributed by atoms with E-state index in [0.717, 1.165) is 12.0 Å². The number of ether oxygens (including phenoxy) is 1. The molecule has 0 saturated carbocycles. The Hall–Kier alpha value is -2.87. The first-order valence-corrected chi connectivity index (χ1v) is 10.7. The highest BCUT2D eigenvalue weighted by Gasteiger charge is 2.32. The molecule has 0 atom stereocenters. The molecule has 0 N–H and O–H groups in total. The van der Waals surface area contributed by atoms with Crippen molar-refractivity contribution in [2.45, 2.75) is 58.3 Å². The second-order valence-electron chi connectivity index (χ2n) is 9.62. The maximum absolute atomic E-state index is 12.4. The summed E-state index contributed by atoms with van der Waals surface area (Å²) in [5, 5.41) is 0. The maximum Gasteiger partial charge on any atom is 0.343 e. The van der Waals surface area contributed by atoms with Gasteiger partial charge >= 0.3 is 5.97 Å². The van der Waals surface area contributed by atoms with Crippen LogP contribution in [0.3, 0.4) is 0 Å².